The average Bonchev–Trinajstić information content (AvgIpc) is 1.61. The van der Waals surface area contributed by atoms with Gasteiger partial charge in [0, 0.05) is 0 Å². The Balaban J connectivity index is 3.46. The number of hydrogen-bond donors (Lipinski definition) is 0. The fourth-order valence-corrected chi connectivity index (χ4v) is 0.232. The van der Waals surface area contributed by atoms with Gasteiger partial charge in [-0.25, -0.2) is 0 Å². The maximum absolute atomic E-state index is 10.1. The van der Waals surface area contributed by atoms with E-state index < -0.39 is 0 Å². The molecule has 0 spiro atoms. The summed E-state index contributed by atoms with van der Waals surface area (Å²) in [6, 6.07) is 0. The van der Waals surface area contributed by atoms with Crippen LogP contribution in [0.4, 0.5) is 0 Å². The molecule has 0 heterocycles. The van der Waals surface area contributed by atoms with Crippen molar-refractivity contribution in [3.05, 3.63) is 24.0 Å². The standard InChI is InChI=1S/C6H9O/c1-3-4-5-6(2)7/h3-5H,1-2H3/b4-3+,6-5+. The first kappa shape index (κ1) is 6.28. The predicted octanol–water partition coefficient (Wildman–Crippen LogP) is 1.90. The molecule has 0 fully saturated rings. The molecule has 0 amide bonds. The second kappa shape index (κ2) is 3.47. The molecule has 1 heteroatoms. The Kier molecular flexibility index (Phi) is 3.11. The van der Waals surface area contributed by atoms with Gasteiger partial charge in [0.2, 0.25) is 0 Å². The van der Waals surface area contributed by atoms with Crippen LogP contribution in [0, 0.1) is 0 Å². The highest BCUT2D eigenvalue weighted by atomic mass is 16.3. The van der Waals surface area contributed by atoms with Crippen molar-refractivity contribution < 1.29 is 5.11 Å². The molecule has 1 nitrogen and oxygen atoms in total. The molecule has 7 heavy (non-hydrogen) atoms. The van der Waals surface area contributed by atoms with Gasteiger partial charge in [-0.05, 0) is 19.9 Å². The zero-order chi connectivity index (χ0) is 5.70. The summed E-state index contributed by atoms with van der Waals surface area (Å²) in [5.74, 6) is 0.0955. The van der Waals surface area contributed by atoms with Crippen molar-refractivity contribution in [2.75, 3.05) is 0 Å². The summed E-state index contributed by atoms with van der Waals surface area (Å²) in [5, 5.41) is 10.1. The maximum Gasteiger partial charge on any atom is 0.152 e. The van der Waals surface area contributed by atoms with Gasteiger partial charge in [-0.3, -0.25) is 5.11 Å². The third-order valence-corrected chi connectivity index (χ3v) is 0.523. The van der Waals surface area contributed by atoms with E-state index in [0.717, 1.165) is 0 Å². The Morgan fingerprint density at radius 1 is 1.57 bits per heavy atom. The molecule has 1 radical (unpaired) electrons. The van der Waals surface area contributed by atoms with Crippen LogP contribution in [0.1, 0.15) is 13.8 Å². The summed E-state index contributed by atoms with van der Waals surface area (Å²) in [7, 11) is 0. The van der Waals surface area contributed by atoms with Gasteiger partial charge in [0.15, 0.2) is 5.76 Å². The third-order valence-electron chi connectivity index (χ3n) is 0.523. The minimum absolute atomic E-state index is 0.0955. The molecule has 0 aliphatic heterocycles. The lowest BCUT2D eigenvalue weighted by Gasteiger charge is -1.72. The van der Waals surface area contributed by atoms with Crippen LogP contribution >= 0.6 is 0 Å². The molecule has 0 aromatic carbocycles. The average molecular weight is 97.1 g/mol. The molecular formula is C6H9O. The number of allylic oxidation sites excluding steroid dienone is 4. The molecule has 0 aliphatic carbocycles. The van der Waals surface area contributed by atoms with Gasteiger partial charge in [-0.2, -0.15) is 0 Å². The van der Waals surface area contributed by atoms with Crippen molar-refractivity contribution in [3.63, 3.8) is 0 Å². The molecule has 0 saturated carbocycles. The predicted molar refractivity (Wildman–Crippen MR) is 29.3 cm³/mol. The van der Waals surface area contributed by atoms with E-state index in [1.807, 2.05) is 13.0 Å². The molecular weight excluding hydrogens is 88.1 g/mol. The normalized spacial score (nSPS) is 13.1. The van der Waals surface area contributed by atoms with E-state index >= 15 is 0 Å². The highest BCUT2D eigenvalue weighted by Crippen LogP contribution is 1.84. The van der Waals surface area contributed by atoms with Gasteiger partial charge >= 0.3 is 0 Å². The summed E-state index contributed by atoms with van der Waals surface area (Å²) in [6.07, 6.45) is 5.07. The Bertz CT molecular complexity index is 86.4. The zero-order valence-electron chi connectivity index (χ0n) is 4.64. The van der Waals surface area contributed by atoms with Crippen molar-refractivity contribution in [1.82, 2.24) is 0 Å². The van der Waals surface area contributed by atoms with E-state index in [2.05, 4.69) is 0 Å². The Labute approximate surface area is 44.0 Å². The minimum Gasteiger partial charge on any atom is -0.295 e. The third kappa shape index (κ3) is 5.28. The smallest absolute Gasteiger partial charge is 0.152 e. The van der Waals surface area contributed by atoms with Crippen molar-refractivity contribution >= 4 is 0 Å². The molecule has 0 aliphatic rings. The quantitative estimate of drug-likeness (QED) is 0.352. The Morgan fingerprint density at radius 2 is 2.14 bits per heavy atom. The van der Waals surface area contributed by atoms with Crippen molar-refractivity contribution in [2.45, 2.75) is 13.8 Å². The highest BCUT2D eigenvalue weighted by molar-refractivity contribution is 5.03. The Hall–Kier alpha value is -0.720. The van der Waals surface area contributed by atoms with Crippen molar-refractivity contribution in [2.24, 2.45) is 0 Å². The van der Waals surface area contributed by atoms with E-state index in [9.17, 15) is 5.11 Å². The first-order valence-electron chi connectivity index (χ1n) is 2.24. The van der Waals surface area contributed by atoms with Crippen LogP contribution in [0.25, 0.3) is 0 Å². The summed E-state index contributed by atoms with van der Waals surface area (Å²) < 4.78 is 0. The molecule has 0 aromatic rings. The van der Waals surface area contributed by atoms with Gasteiger partial charge in [0.25, 0.3) is 0 Å². The lowest BCUT2D eigenvalue weighted by Crippen LogP contribution is -1.60. The van der Waals surface area contributed by atoms with Gasteiger partial charge in [-0.1, -0.05) is 12.2 Å². The molecule has 0 aromatic heterocycles. The minimum atomic E-state index is 0.0955. The summed E-state index contributed by atoms with van der Waals surface area (Å²) in [6.45, 7) is 3.40. The van der Waals surface area contributed by atoms with Crippen LogP contribution in [-0.2, 0) is 5.11 Å². The van der Waals surface area contributed by atoms with Crippen LogP contribution in [0.5, 0.6) is 0 Å². The van der Waals surface area contributed by atoms with Crippen LogP contribution in [-0.4, -0.2) is 0 Å². The molecule has 0 N–H and O–H groups in total. The lowest BCUT2D eigenvalue weighted by molar-refractivity contribution is 0.300. The van der Waals surface area contributed by atoms with Crippen molar-refractivity contribution in [1.29, 1.82) is 0 Å². The van der Waals surface area contributed by atoms with Gasteiger partial charge < -0.3 is 0 Å². The SMILES string of the molecule is C/C=C/C=C(\C)[O]. The van der Waals surface area contributed by atoms with E-state index in [4.69, 9.17) is 0 Å². The second-order valence-corrected chi connectivity index (χ2v) is 1.30. The highest BCUT2D eigenvalue weighted by Gasteiger charge is 1.72. The first-order chi connectivity index (χ1) is 3.27. The fraction of sp³-hybridized carbons (Fsp3) is 0.333. The summed E-state index contributed by atoms with van der Waals surface area (Å²) in [5.41, 5.74) is 0. The maximum atomic E-state index is 10.1. The van der Waals surface area contributed by atoms with E-state index in [1.165, 1.54) is 13.0 Å². The van der Waals surface area contributed by atoms with Gasteiger partial charge in [-0.15, -0.1) is 0 Å². The molecule has 0 bridgehead atoms. The van der Waals surface area contributed by atoms with E-state index in [1.54, 1.807) is 6.08 Å². The Morgan fingerprint density at radius 3 is 2.29 bits per heavy atom. The first-order valence-corrected chi connectivity index (χ1v) is 2.24. The van der Waals surface area contributed by atoms with E-state index in [0.29, 0.717) is 0 Å². The van der Waals surface area contributed by atoms with Crippen molar-refractivity contribution in [3.8, 4) is 0 Å². The largest absolute Gasteiger partial charge is 0.295 e. The molecule has 0 rings (SSSR count). The molecule has 0 saturated heterocycles. The lowest BCUT2D eigenvalue weighted by atomic mass is 10.4. The molecule has 0 atom stereocenters. The van der Waals surface area contributed by atoms with Crippen LogP contribution in [0.2, 0.25) is 0 Å². The van der Waals surface area contributed by atoms with Gasteiger partial charge in [0.1, 0.15) is 0 Å². The summed E-state index contributed by atoms with van der Waals surface area (Å²) in [4.78, 5) is 0. The van der Waals surface area contributed by atoms with Gasteiger partial charge in [0.05, 0.1) is 0 Å². The fourth-order valence-electron chi connectivity index (χ4n) is 0.232. The molecule has 0 unspecified atom stereocenters. The second-order valence-electron chi connectivity index (χ2n) is 1.30. The topological polar surface area (TPSA) is 19.9 Å². The zero-order valence-corrected chi connectivity index (χ0v) is 4.64. The monoisotopic (exact) mass is 97.1 g/mol. The van der Waals surface area contributed by atoms with Crippen LogP contribution in [0.15, 0.2) is 24.0 Å². The van der Waals surface area contributed by atoms with Crippen LogP contribution < -0.4 is 0 Å². The summed E-state index contributed by atoms with van der Waals surface area (Å²) >= 11 is 0. The number of rotatable bonds is 1. The van der Waals surface area contributed by atoms with Crippen LogP contribution in [0.3, 0.4) is 0 Å². The number of hydrogen-bond acceptors (Lipinski definition) is 0. The van der Waals surface area contributed by atoms with E-state index in [-0.39, 0.29) is 5.76 Å². The molecule has 39 valence electrons.